The Bertz CT molecular complexity index is 825. The van der Waals surface area contributed by atoms with Crippen LogP contribution < -0.4 is 4.74 Å². The number of carbonyl (C=O) groups is 1. The molecule has 1 N–H and O–H groups in total. The second-order valence-electron chi connectivity index (χ2n) is 7.98. The molecule has 1 aromatic rings. The van der Waals surface area contributed by atoms with Crippen LogP contribution in [0.15, 0.2) is 35.4 Å². The average molecular weight is 385 g/mol. The maximum Gasteiger partial charge on any atom is 0.341 e. The number of allylic oxidation sites excluding steroid dienone is 4. The van der Waals surface area contributed by atoms with Gasteiger partial charge in [0.2, 0.25) is 0 Å². The highest BCUT2D eigenvalue weighted by Gasteiger charge is 2.30. The number of aromatic hydroxyl groups is 1. The number of methoxy groups -OCH3 is 1. The van der Waals surface area contributed by atoms with Crippen LogP contribution in [0.1, 0.15) is 74.9 Å². The molecule has 1 heterocycles. The second kappa shape index (κ2) is 9.13. The second-order valence-corrected chi connectivity index (χ2v) is 7.98. The molecule has 0 unspecified atom stereocenters. The van der Waals surface area contributed by atoms with E-state index in [1.165, 1.54) is 18.3 Å². The molecule has 0 saturated carbocycles. The highest BCUT2D eigenvalue weighted by atomic mass is 16.5. The van der Waals surface area contributed by atoms with E-state index in [4.69, 9.17) is 9.47 Å². The Hall–Kier alpha value is -2.49. The third-order valence-corrected chi connectivity index (χ3v) is 5.06. The number of aryl methyl sites for hydroxylation is 1. The van der Waals surface area contributed by atoms with E-state index in [-0.39, 0.29) is 11.3 Å². The first-order valence-electron chi connectivity index (χ1n) is 9.79. The van der Waals surface area contributed by atoms with Crippen molar-refractivity contribution in [3.05, 3.63) is 52.1 Å². The van der Waals surface area contributed by atoms with Crippen LogP contribution in [0.3, 0.4) is 0 Å². The summed E-state index contributed by atoms with van der Waals surface area (Å²) in [6.45, 7) is 10.2. The van der Waals surface area contributed by atoms with Gasteiger partial charge in [-0.25, -0.2) is 4.79 Å². The predicted molar refractivity (Wildman–Crippen MR) is 114 cm³/mol. The van der Waals surface area contributed by atoms with E-state index in [1.54, 1.807) is 13.0 Å². The molecule has 0 bridgehead atoms. The number of ether oxygens (including phenoxy) is 2. The quantitative estimate of drug-likeness (QED) is 0.454. The SMILES string of the molecule is COC(=O)c1c(C)cc2c(c1O)C=C[C@](C)(CC/C=C(\C)CCC=C(C)C)O2. The lowest BCUT2D eigenvalue weighted by Gasteiger charge is -2.32. The fraction of sp³-hybridized carbons (Fsp3) is 0.458. The van der Waals surface area contributed by atoms with Gasteiger partial charge in [0, 0.05) is 0 Å². The van der Waals surface area contributed by atoms with Crippen molar-refractivity contribution >= 4 is 12.0 Å². The lowest BCUT2D eigenvalue weighted by Crippen LogP contribution is -2.32. The molecule has 0 spiro atoms. The Balaban J connectivity index is 2.09. The van der Waals surface area contributed by atoms with Gasteiger partial charge in [-0.2, -0.15) is 0 Å². The molecule has 0 fully saturated rings. The predicted octanol–water partition coefficient (Wildman–Crippen LogP) is 6.12. The van der Waals surface area contributed by atoms with Gasteiger partial charge >= 0.3 is 5.97 Å². The molecule has 1 atom stereocenters. The fourth-order valence-corrected chi connectivity index (χ4v) is 3.36. The van der Waals surface area contributed by atoms with Gasteiger partial charge in [0.15, 0.2) is 0 Å². The Morgan fingerprint density at radius 1 is 1.25 bits per heavy atom. The van der Waals surface area contributed by atoms with E-state index in [1.807, 2.05) is 19.1 Å². The topological polar surface area (TPSA) is 55.8 Å². The fourth-order valence-electron chi connectivity index (χ4n) is 3.36. The molecule has 1 aromatic carbocycles. The summed E-state index contributed by atoms with van der Waals surface area (Å²) < 4.78 is 11.0. The lowest BCUT2D eigenvalue weighted by atomic mass is 9.92. The van der Waals surface area contributed by atoms with Crippen molar-refractivity contribution in [2.24, 2.45) is 0 Å². The van der Waals surface area contributed by atoms with Gasteiger partial charge < -0.3 is 14.6 Å². The average Bonchev–Trinajstić information content (AvgIpc) is 2.60. The Morgan fingerprint density at radius 3 is 2.61 bits per heavy atom. The molecular weight excluding hydrogens is 352 g/mol. The molecule has 4 heteroatoms. The number of phenolic OH excluding ortho intramolecular Hbond substituents is 1. The summed E-state index contributed by atoms with van der Waals surface area (Å²) in [7, 11) is 1.30. The molecule has 152 valence electrons. The zero-order valence-corrected chi connectivity index (χ0v) is 17.9. The van der Waals surface area contributed by atoms with Crippen molar-refractivity contribution < 1.29 is 19.4 Å². The van der Waals surface area contributed by atoms with Crippen LogP contribution >= 0.6 is 0 Å². The van der Waals surface area contributed by atoms with Crippen molar-refractivity contribution in [2.75, 3.05) is 7.11 Å². The minimum Gasteiger partial charge on any atom is -0.506 e. The van der Waals surface area contributed by atoms with Crippen LogP contribution in [0, 0.1) is 6.92 Å². The number of hydrogen-bond acceptors (Lipinski definition) is 4. The van der Waals surface area contributed by atoms with Gasteiger partial charge in [-0.3, -0.25) is 0 Å². The Kier molecular flexibility index (Phi) is 7.11. The van der Waals surface area contributed by atoms with Gasteiger partial charge in [0.05, 0.1) is 12.7 Å². The van der Waals surface area contributed by atoms with E-state index in [0.717, 1.165) is 25.7 Å². The summed E-state index contributed by atoms with van der Waals surface area (Å²) in [4.78, 5) is 11.9. The van der Waals surface area contributed by atoms with Crippen LogP contribution in [0.5, 0.6) is 11.5 Å². The van der Waals surface area contributed by atoms with Gasteiger partial charge in [-0.15, -0.1) is 0 Å². The summed E-state index contributed by atoms with van der Waals surface area (Å²) in [6.07, 6.45) is 12.2. The highest BCUT2D eigenvalue weighted by molar-refractivity contribution is 5.96. The number of rotatable bonds is 7. The zero-order valence-electron chi connectivity index (χ0n) is 17.9. The number of carbonyl (C=O) groups excluding carboxylic acids is 1. The van der Waals surface area contributed by atoms with Crippen molar-refractivity contribution in [3.8, 4) is 11.5 Å². The normalized spacial score (nSPS) is 18.3. The zero-order chi connectivity index (χ0) is 20.9. The summed E-state index contributed by atoms with van der Waals surface area (Å²) >= 11 is 0. The summed E-state index contributed by atoms with van der Waals surface area (Å²) in [5.41, 5.74) is 3.64. The van der Waals surface area contributed by atoms with Crippen LogP contribution in [-0.4, -0.2) is 23.8 Å². The number of benzene rings is 1. The molecule has 28 heavy (non-hydrogen) atoms. The molecule has 4 nitrogen and oxygen atoms in total. The third kappa shape index (κ3) is 5.28. The molecule has 1 aliphatic rings. The van der Waals surface area contributed by atoms with Crippen molar-refractivity contribution in [1.82, 2.24) is 0 Å². The van der Waals surface area contributed by atoms with Crippen LogP contribution in [0.25, 0.3) is 6.08 Å². The summed E-state index contributed by atoms with van der Waals surface area (Å²) in [5, 5.41) is 10.5. The van der Waals surface area contributed by atoms with Crippen molar-refractivity contribution in [1.29, 1.82) is 0 Å². The standard InChI is InChI=1S/C24H32O4/c1-16(2)9-7-10-17(3)11-8-13-24(5)14-12-19-20(28-24)15-18(4)21(22(19)25)23(26)27-6/h9,11-12,14-15,25H,7-8,10,13H2,1-6H3/b17-11+/t24-/m0/s1. The first kappa shape index (κ1) is 21.8. The number of esters is 1. The Morgan fingerprint density at radius 2 is 1.96 bits per heavy atom. The molecule has 0 amide bonds. The van der Waals surface area contributed by atoms with E-state index >= 15 is 0 Å². The molecule has 0 aromatic heterocycles. The van der Waals surface area contributed by atoms with E-state index in [2.05, 4.69) is 32.9 Å². The van der Waals surface area contributed by atoms with Crippen LogP contribution in [-0.2, 0) is 4.74 Å². The molecule has 0 radical (unpaired) electrons. The monoisotopic (exact) mass is 384 g/mol. The van der Waals surface area contributed by atoms with Crippen LogP contribution in [0.4, 0.5) is 0 Å². The largest absolute Gasteiger partial charge is 0.506 e. The molecule has 0 saturated heterocycles. The maximum atomic E-state index is 11.9. The van der Waals surface area contributed by atoms with Gasteiger partial charge in [-0.05, 0) is 84.1 Å². The number of hydrogen-bond donors (Lipinski definition) is 1. The van der Waals surface area contributed by atoms with Crippen LogP contribution in [0.2, 0.25) is 0 Å². The van der Waals surface area contributed by atoms with E-state index in [9.17, 15) is 9.90 Å². The first-order valence-corrected chi connectivity index (χ1v) is 9.79. The summed E-state index contributed by atoms with van der Waals surface area (Å²) in [6, 6.07) is 1.80. The van der Waals surface area contributed by atoms with Gasteiger partial charge in [0.25, 0.3) is 0 Å². The van der Waals surface area contributed by atoms with Crippen molar-refractivity contribution in [2.45, 2.75) is 65.9 Å². The number of fused-ring (bicyclic) bond motifs is 1. The summed E-state index contributed by atoms with van der Waals surface area (Å²) in [5.74, 6) is -0.0414. The maximum absolute atomic E-state index is 11.9. The van der Waals surface area contributed by atoms with Gasteiger partial charge in [0.1, 0.15) is 22.7 Å². The first-order chi connectivity index (χ1) is 13.2. The van der Waals surface area contributed by atoms with E-state index < -0.39 is 11.6 Å². The Labute approximate surface area is 168 Å². The number of phenols is 1. The molecule has 0 aliphatic carbocycles. The molecular formula is C24H32O4. The third-order valence-electron chi connectivity index (χ3n) is 5.06. The van der Waals surface area contributed by atoms with Gasteiger partial charge in [-0.1, -0.05) is 23.3 Å². The minimum atomic E-state index is -0.548. The smallest absolute Gasteiger partial charge is 0.341 e. The van der Waals surface area contributed by atoms with E-state index in [0.29, 0.717) is 16.9 Å². The molecule has 1 aliphatic heterocycles. The van der Waals surface area contributed by atoms with Crippen molar-refractivity contribution in [3.63, 3.8) is 0 Å². The highest BCUT2D eigenvalue weighted by Crippen LogP contribution is 2.41. The molecule has 2 rings (SSSR count). The minimum absolute atomic E-state index is 0.0878. The lowest BCUT2D eigenvalue weighted by molar-refractivity contribution is 0.0596.